The first kappa shape index (κ1) is 18.2. The number of benzene rings is 2. The third-order valence-electron chi connectivity index (χ3n) is 3.89. The van der Waals surface area contributed by atoms with Crippen molar-refractivity contribution in [3.05, 3.63) is 75.4 Å². The van der Waals surface area contributed by atoms with Crippen LogP contribution in [0, 0.1) is 22.9 Å². The summed E-state index contributed by atoms with van der Waals surface area (Å²) in [6, 6.07) is 9.64. The maximum atomic E-state index is 13.0. The monoisotopic (exact) mass is 371 g/mol. The summed E-state index contributed by atoms with van der Waals surface area (Å²) < 4.78 is 23.7. The van der Waals surface area contributed by atoms with E-state index in [9.17, 15) is 19.3 Å². The number of aromatic nitrogens is 2. The summed E-state index contributed by atoms with van der Waals surface area (Å²) in [5.74, 6) is -0.941. The molecule has 9 heteroatoms. The predicted octanol–water partition coefficient (Wildman–Crippen LogP) is 4.01. The summed E-state index contributed by atoms with van der Waals surface area (Å²) in [5.41, 5.74) is 0.628. The zero-order valence-corrected chi connectivity index (χ0v) is 14.4. The van der Waals surface area contributed by atoms with E-state index in [1.54, 1.807) is 0 Å². The highest BCUT2D eigenvalue weighted by molar-refractivity contribution is 5.92. The fraction of sp³-hybridized carbons (Fsp3) is 0.167. The Morgan fingerprint density at radius 2 is 1.93 bits per heavy atom. The minimum absolute atomic E-state index is 0.0470. The largest absolute Gasteiger partial charge is 0.449 e. The number of carbonyl (C=O) groups is 1. The molecule has 27 heavy (non-hydrogen) atoms. The van der Waals surface area contributed by atoms with Crippen LogP contribution in [-0.4, -0.2) is 21.1 Å². The Balaban J connectivity index is 1.77. The lowest BCUT2D eigenvalue weighted by Crippen LogP contribution is -2.11. The lowest BCUT2D eigenvalue weighted by atomic mass is 10.1. The Morgan fingerprint density at radius 1 is 1.22 bits per heavy atom. The molecule has 1 aromatic heterocycles. The highest BCUT2D eigenvalue weighted by atomic mass is 19.1. The number of nitro groups is 1. The number of nitrogens with zero attached hydrogens (tertiary/aromatic N) is 3. The van der Waals surface area contributed by atoms with Crippen LogP contribution >= 0.6 is 0 Å². The SMILES string of the molecule is Cc1c(C(=O)O[C@H](C)c2nnc(-c3ccc(F)cc3)o2)cccc1[N+](=O)[O-]. The smallest absolute Gasteiger partial charge is 0.339 e. The molecule has 0 saturated heterocycles. The third-order valence-corrected chi connectivity index (χ3v) is 3.89. The lowest BCUT2D eigenvalue weighted by Gasteiger charge is -2.11. The molecule has 0 fully saturated rings. The van der Waals surface area contributed by atoms with E-state index >= 15 is 0 Å². The molecule has 0 amide bonds. The molecule has 1 heterocycles. The first-order chi connectivity index (χ1) is 12.9. The van der Waals surface area contributed by atoms with Crippen molar-refractivity contribution >= 4 is 11.7 Å². The molecule has 138 valence electrons. The van der Waals surface area contributed by atoms with Gasteiger partial charge in [0.05, 0.1) is 10.5 Å². The van der Waals surface area contributed by atoms with E-state index in [1.165, 1.54) is 56.3 Å². The van der Waals surface area contributed by atoms with Crippen LogP contribution in [0.5, 0.6) is 0 Å². The topological polar surface area (TPSA) is 108 Å². The first-order valence-corrected chi connectivity index (χ1v) is 7.91. The molecule has 0 radical (unpaired) electrons. The maximum Gasteiger partial charge on any atom is 0.339 e. The number of nitro benzene ring substituents is 1. The quantitative estimate of drug-likeness (QED) is 0.379. The Hall–Kier alpha value is -3.62. The van der Waals surface area contributed by atoms with Crippen LogP contribution in [-0.2, 0) is 4.74 Å². The van der Waals surface area contributed by atoms with Crippen LogP contribution in [0.3, 0.4) is 0 Å². The lowest BCUT2D eigenvalue weighted by molar-refractivity contribution is -0.385. The molecule has 3 aromatic rings. The first-order valence-electron chi connectivity index (χ1n) is 7.91. The van der Waals surface area contributed by atoms with Crippen molar-refractivity contribution < 1.29 is 23.3 Å². The van der Waals surface area contributed by atoms with Gasteiger partial charge in [-0.15, -0.1) is 10.2 Å². The summed E-state index contributed by atoms with van der Waals surface area (Å²) in [7, 11) is 0. The maximum absolute atomic E-state index is 13.0. The summed E-state index contributed by atoms with van der Waals surface area (Å²) in [5, 5.41) is 18.7. The normalized spacial score (nSPS) is 11.8. The number of esters is 1. The van der Waals surface area contributed by atoms with Gasteiger partial charge in [0, 0.05) is 17.2 Å². The Morgan fingerprint density at radius 3 is 2.59 bits per heavy atom. The average molecular weight is 371 g/mol. The van der Waals surface area contributed by atoms with Gasteiger partial charge in [-0.2, -0.15) is 0 Å². The molecule has 0 spiro atoms. The van der Waals surface area contributed by atoms with Crippen molar-refractivity contribution in [1.29, 1.82) is 0 Å². The van der Waals surface area contributed by atoms with Crippen LogP contribution < -0.4 is 0 Å². The van der Waals surface area contributed by atoms with Gasteiger partial charge in [0.15, 0.2) is 6.10 Å². The average Bonchev–Trinajstić information content (AvgIpc) is 3.12. The minimum Gasteiger partial charge on any atom is -0.449 e. The molecule has 0 aliphatic heterocycles. The number of halogens is 1. The molecule has 0 unspecified atom stereocenters. The van der Waals surface area contributed by atoms with Gasteiger partial charge in [0.2, 0.25) is 5.89 Å². The molecule has 8 nitrogen and oxygen atoms in total. The van der Waals surface area contributed by atoms with E-state index in [-0.39, 0.29) is 28.6 Å². The highest BCUT2D eigenvalue weighted by Crippen LogP contribution is 2.26. The summed E-state index contributed by atoms with van der Waals surface area (Å²) in [4.78, 5) is 22.8. The van der Waals surface area contributed by atoms with Gasteiger partial charge in [-0.1, -0.05) is 6.07 Å². The molecular weight excluding hydrogens is 357 g/mol. The molecule has 0 N–H and O–H groups in total. The number of hydrogen-bond donors (Lipinski definition) is 0. The second kappa shape index (κ2) is 7.32. The number of ether oxygens (including phenoxy) is 1. The zero-order valence-electron chi connectivity index (χ0n) is 14.4. The fourth-order valence-corrected chi connectivity index (χ4v) is 2.42. The van der Waals surface area contributed by atoms with E-state index in [2.05, 4.69) is 10.2 Å². The number of rotatable bonds is 5. The van der Waals surface area contributed by atoms with E-state index < -0.39 is 22.8 Å². The Labute approximate surface area is 152 Å². The van der Waals surface area contributed by atoms with Crippen molar-refractivity contribution in [1.82, 2.24) is 10.2 Å². The van der Waals surface area contributed by atoms with Gasteiger partial charge in [-0.25, -0.2) is 9.18 Å². The molecular formula is C18H14FN3O5. The van der Waals surface area contributed by atoms with Gasteiger partial charge >= 0.3 is 5.97 Å². The molecule has 0 aliphatic carbocycles. The number of hydrogen-bond acceptors (Lipinski definition) is 7. The summed E-state index contributed by atoms with van der Waals surface area (Å²) in [6.45, 7) is 3.01. The van der Waals surface area contributed by atoms with Gasteiger partial charge in [0.1, 0.15) is 5.82 Å². The predicted molar refractivity (Wildman–Crippen MR) is 91.4 cm³/mol. The third kappa shape index (κ3) is 3.81. The van der Waals surface area contributed by atoms with Crippen LogP contribution in [0.2, 0.25) is 0 Å². The summed E-state index contributed by atoms with van der Waals surface area (Å²) in [6.07, 6.45) is -0.877. The molecule has 1 atom stereocenters. The van der Waals surface area contributed by atoms with Gasteiger partial charge < -0.3 is 9.15 Å². The summed E-state index contributed by atoms with van der Waals surface area (Å²) >= 11 is 0. The van der Waals surface area contributed by atoms with E-state index in [4.69, 9.17) is 9.15 Å². The second-order valence-electron chi connectivity index (χ2n) is 5.71. The zero-order chi connectivity index (χ0) is 19.6. The highest BCUT2D eigenvalue weighted by Gasteiger charge is 2.23. The van der Waals surface area contributed by atoms with Gasteiger partial charge in [-0.3, -0.25) is 10.1 Å². The van der Waals surface area contributed by atoms with Crippen LogP contribution in [0.4, 0.5) is 10.1 Å². The van der Waals surface area contributed by atoms with Gasteiger partial charge in [0.25, 0.3) is 11.6 Å². The molecule has 0 bridgehead atoms. The molecule has 3 rings (SSSR count). The fourth-order valence-electron chi connectivity index (χ4n) is 2.42. The molecule has 0 aliphatic rings. The number of carbonyl (C=O) groups excluding carboxylic acids is 1. The van der Waals surface area contributed by atoms with Crippen molar-refractivity contribution in [3.63, 3.8) is 0 Å². The van der Waals surface area contributed by atoms with E-state index in [0.717, 1.165) is 0 Å². The van der Waals surface area contributed by atoms with E-state index in [0.29, 0.717) is 5.56 Å². The minimum atomic E-state index is -0.877. The Kier molecular flexibility index (Phi) is 4.93. The van der Waals surface area contributed by atoms with Crippen molar-refractivity contribution in [2.45, 2.75) is 20.0 Å². The Bertz CT molecular complexity index is 1000. The van der Waals surface area contributed by atoms with Crippen LogP contribution in [0.1, 0.15) is 34.8 Å². The van der Waals surface area contributed by atoms with Crippen molar-refractivity contribution in [2.24, 2.45) is 0 Å². The molecule has 0 saturated carbocycles. The molecule has 2 aromatic carbocycles. The van der Waals surface area contributed by atoms with E-state index in [1.807, 2.05) is 0 Å². The van der Waals surface area contributed by atoms with Crippen molar-refractivity contribution in [2.75, 3.05) is 0 Å². The van der Waals surface area contributed by atoms with Gasteiger partial charge in [-0.05, 0) is 44.2 Å². The van der Waals surface area contributed by atoms with Crippen molar-refractivity contribution in [3.8, 4) is 11.5 Å². The second-order valence-corrected chi connectivity index (χ2v) is 5.71. The standard InChI is InChI=1S/C18H14FN3O5/c1-10-14(4-3-5-15(10)22(24)25)18(23)26-11(2)16-20-21-17(27-16)12-6-8-13(19)9-7-12/h3-9,11H,1-2H3/t11-/m1/s1. The van der Waals surface area contributed by atoms with Crippen LogP contribution in [0.25, 0.3) is 11.5 Å². The van der Waals surface area contributed by atoms with Crippen LogP contribution in [0.15, 0.2) is 46.9 Å².